The molecule has 30 heavy (non-hydrogen) atoms. The first kappa shape index (κ1) is 21.8. The maximum Gasteiger partial charge on any atom is 0.269 e. The number of unbranched alkanes of at least 4 members (excludes halogenated alkanes) is 3. The van der Waals surface area contributed by atoms with E-state index in [-0.39, 0.29) is 11.5 Å². The number of nitro benzene ring substituents is 1. The zero-order valence-electron chi connectivity index (χ0n) is 17.3. The number of non-ortho nitro benzene ring substituents is 1. The summed E-state index contributed by atoms with van der Waals surface area (Å²) < 4.78 is 14.7. The van der Waals surface area contributed by atoms with Gasteiger partial charge >= 0.3 is 0 Å². The highest BCUT2D eigenvalue weighted by atomic mass is 19.1. The Morgan fingerprint density at radius 2 is 1.63 bits per heavy atom. The second-order valence-corrected chi connectivity index (χ2v) is 7.50. The first-order valence-electron chi connectivity index (χ1n) is 10.5. The van der Waals surface area contributed by atoms with Crippen LogP contribution in [0.4, 0.5) is 27.1 Å². The molecule has 1 heterocycles. The number of rotatable bonds is 9. The van der Waals surface area contributed by atoms with Crippen LogP contribution in [0, 0.1) is 15.9 Å². The molecule has 7 nitrogen and oxygen atoms in total. The van der Waals surface area contributed by atoms with Crippen LogP contribution in [0.3, 0.4) is 0 Å². The Balaban J connectivity index is 1.54. The van der Waals surface area contributed by atoms with Gasteiger partial charge in [-0.3, -0.25) is 15.0 Å². The number of hydrogen-bond acceptors (Lipinski definition) is 6. The van der Waals surface area contributed by atoms with E-state index < -0.39 is 4.92 Å². The van der Waals surface area contributed by atoms with Crippen LogP contribution in [0.25, 0.3) is 0 Å². The first-order valence-corrected chi connectivity index (χ1v) is 10.5. The number of azo groups is 1. The van der Waals surface area contributed by atoms with Crippen molar-refractivity contribution >= 4 is 22.7 Å². The van der Waals surface area contributed by atoms with Gasteiger partial charge in [-0.05, 0) is 37.2 Å². The summed E-state index contributed by atoms with van der Waals surface area (Å²) in [4.78, 5) is 14.7. The van der Waals surface area contributed by atoms with E-state index >= 15 is 0 Å². The van der Waals surface area contributed by atoms with E-state index in [0.29, 0.717) is 17.1 Å². The molecular formula is C22H28FN5O2. The molecule has 1 saturated heterocycles. The number of piperazine rings is 1. The van der Waals surface area contributed by atoms with E-state index in [9.17, 15) is 14.5 Å². The van der Waals surface area contributed by atoms with E-state index in [1.54, 1.807) is 12.1 Å². The van der Waals surface area contributed by atoms with Crippen LogP contribution < -0.4 is 4.90 Å². The molecule has 0 aliphatic carbocycles. The number of nitrogens with zero attached hydrogens (tertiary/aromatic N) is 5. The lowest BCUT2D eigenvalue weighted by Gasteiger charge is -2.36. The number of hydrogen-bond donors (Lipinski definition) is 0. The number of nitro groups is 1. The van der Waals surface area contributed by atoms with Crippen molar-refractivity contribution in [1.29, 1.82) is 0 Å². The van der Waals surface area contributed by atoms with Crippen LogP contribution in [-0.4, -0.2) is 42.5 Å². The quantitative estimate of drug-likeness (QED) is 0.224. The van der Waals surface area contributed by atoms with Gasteiger partial charge in [0.25, 0.3) is 5.69 Å². The van der Waals surface area contributed by atoms with Crippen molar-refractivity contribution in [3.63, 3.8) is 0 Å². The van der Waals surface area contributed by atoms with Crippen LogP contribution >= 0.6 is 0 Å². The van der Waals surface area contributed by atoms with Crippen LogP contribution in [0.5, 0.6) is 0 Å². The minimum atomic E-state index is -0.471. The highest BCUT2D eigenvalue weighted by Gasteiger charge is 2.19. The predicted octanol–water partition coefficient (Wildman–Crippen LogP) is 5.85. The lowest BCUT2D eigenvalue weighted by Crippen LogP contribution is -2.46. The summed E-state index contributed by atoms with van der Waals surface area (Å²) in [6.07, 6.45) is 5.05. The maximum atomic E-state index is 14.7. The molecule has 1 aliphatic rings. The lowest BCUT2D eigenvalue weighted by atomic mass is 10.2. The van der Waals surface area contributed by atoms with E-state index in [4.69, 9.17) is 0 Å². The van der Waals surface area contributed by atoms with Crippen molar-refractivity contribution in [2.75, 3.05) is 37.6 Å². The molecular weight excluding hydrogens is 385 g/mol. The Morgan fingerprint density at radius 1 is 0.967 bits per heavy atom. The molecule has 2 aromatic rings. The minimum absolute atomic E-state index is 0.00889. The second-order valence-electron chi connectivity index (χ2n) is 7.50. The van der Waals surface area contributed by atoms with Gasteiger partial charge in [-0.1, -0.05) is 26.2 Å². The molecule has 0 atom stereocenters. The molecule has 0 saturated carbocycles. The van der Waals surface area contributed by atoms with Crippen molar-refractivity contribution in [2.45, 2.75) is 32.6 Å². The summed E-state index contributed by atoms with van der Waals surface area (Å²) in [5.74, 6) is -0.313. The Morgan fingerprint density at radius 3 is 2.27 bits per heavy atom. The van der Waals surface area contributed by atoms with E-state index in [0.717, 1.165) is 32.7 Å². The molecule has 3 rings (SSSR count). The van der Waals surface area contributed by atoms with Crippen molar-refractivity contribution in [2.24, 2.45) is 10.2 Å². The molecule has 0 amide bonds. The SMILES string of the molecule is CCCCCCN1CCN(c2ccc(N=Nc3ccc([N+](=O)[O-])cc3)cc2F)CC1. The van der Waals surface area contributed by atoms with Gasteiger partial charge in [0.2, 0.25) is 0 Å². The first-order chi connectivity index (χ1) is 14.6. The zero-order valence-corrected chi connectivity index (χ0v) is 17.3. The third-order valence-electron chi connectivity index (χ3n) is 5.31. The summed E-state index contributed by atoms with van der Waals surface area (Å²) in [5.41, 5.74) is 1.46. The van der Waals surface area contributed by atoms with Crippen LogP contribution in [0.2, 0.25) is 0 Å². The lowest BCUT2D eigenvalue weighted by molar-refractivity contribution is -0.384. The third kappa shape index (κ3) is 6.06. The average molecular weight is 413 g/mol. The fraction of sp³-hybridized carbons (Fsp3) is 0.455. The van der Waals surface area contributed by atoms with Gasteiger partial charge < -0.3 is 4.90 Å². The van der Waals surface area contributed by atoms with Gasteiger partial charge in [0.15, 0.2) is 0 Å². The molecule has 0 aromatic heterocycles. The van der Waals surface area contributed by atoms with E-state index in [1.807, 2.05) is 0 Å². The summed E-state index contributed by atoms with van der Waals surface area (Å²) in [6.45, 7) is 6.87. The standard InChI is InChI=1S/C22H28FN5O2/c1-2-3-4-5-12-26-13-15-27(16-14-26)22-11-8-19(17-21(22)23)25-24-18-6-9-20(10-7-18)28(29)30/h6-11,17H,2-5,12-16H2,1H3. The maximum absolute atomic E-state index is 14.7. The summed E-state index contributed by atoms with van der Waals surface area (Å²) in [7, 11) is 0. The fourth-order valence-electron chi connectivity index (χ4n) is 3.55. The van der Waals surface area contributed by atoms with Crippen molar-refractivity contribution < 1.29 is 9.31 Å². The second kappa shape index (κ2) is 10.8. The summed E-state index contributed by atoms with van der Waals surface area (Å²) >= 11 is 0. The molecule has 0 radical (unpaired) electrons. The number of anilines is 1. The van der Waals surface area contributed by atoms with E-state index in [2.05, 4.69) is 27.0 Å². The van der Waals surface area contributed by atoms with Gasteiger partial charge in [-0.15, -0.1) is 0 Å². The zero-order chi connectivity index (χ0) is 21.3. The van der Waals surface area contributed by atoms with Crippen LogP contribution in [-0.2, 0) is 0 Å². The largest absolute Gasteiger partial charge is 0.367 e. The monoisotopic (exact) mass is 413 g/mol. The van der Waals surface area contributed by atoms with Crippen molar-refractivity contribution in [1.82, 2.24) is 4.90 Å². The highest BCUT2D eigenvalue weighted by molar-refractivity contribution is 5.54. The van der Waals surface area contributed by atoms with Gasteiger partial charge in [-0.2, -0.15) is 10.2 Å². The molecule has 0 N–H and O–H groups in total. The normalized spacial score (nSPS) is 15.1. The highest BCUT2D eigenvalue weighted by Crippen LogP contribution is 2.27. The summed E-state index contributed by atoms with van der Waals surface area (Å²) in [5, 5.41) is 18.8. The van der Waals surface area contributed by atoms with Gasteiger partial charge in [-0.25, -0.2) is 4.39 Å². The molecule has 1 fully saturated rings. The molecule has 0 unspecified atom stereocenters. The third-order valence-corrected chi connectivity index (χ3v) is 5.31. The molecule has 1 aliphatic heterocycles. The van der Waals surface area contributed by atoms with Crippen molar-refractivity contribution in [3.8, 4) is 0 Å². The summed E-state index contributed by atoms with van der Waals surface area (Å²) in [6, 6.07) is 10.6. The smallest absolute Gasteiger partial charge is 0.269 e. The van der Waals surface area contributed by atoms with Crippen LogP contribution in [0.1, 0.15) is 32.6 Å². The van der Waals surface area contributed by atoms with Gasteiger partial charge in [0, 0.05) is 44.4 Å². The Bertz CT molecular complexity index is 864. The van der Waals surface area contributed by atoms with E-state index in [1.165, 1.54) is 56.0 Å². The minimum Gasteiger partial charge on any atom is -0.367 e. The average Bonchev–Trinajstić information content (AvgIpc) is 2.76. The number of halogens is 1. The van der Waals surface area contributed by atoms with Crippen molar-refractivity contribution in [3.05, 3.63) is 58.4 Å². The Hall–Kier alpha value is -2.87. The molecule has 0 bridgehead atoms. The van der Waals surface area contributed by atoms with Crippen LogP contribution in [0.15, 0.2) is 52.7 Å². The van der Waals surface area contributed by atoms with Gasteiger partial charge in [0.05, 0.1) is 22.0 Å². The fourth-order valence-corrected chi connectivity index (χ4v) is 3.55. The van der Waals surface area contributed by atoms with Gasteiger partial charge in [0.1, 0.15) is 5.82 Å². The molecule has 0 spiro atoms. The Labute approximate surface area is 176 Å². The molecule has 8 heteroatoms. The predicted molar refractivity (Wildman–Crippen MR) is 116 cm³/mol. The topological polar surface area (TPSA) is 74.3 Å². The Kier molecular flexibility index (Phi) is 7.84. The number of benzene rings is 2. The molecule has 2 aromatic carbocycles. The molecule has 160 valence electrons.